The van der Waals surface area contributed by atoms with Gasteiger partial charge in [-0.2, -0.15) is 5.10 Å². The summed E-state index contributed by atoms with van der Waals surface area (Å²) in [7, 11) is 0. The monoisotopic (exact) mass is 295 g/mol. The molecule has 3 rings (SSSR count). The first-order valence-electron chi connectivity index (χ1n) is 7.61. The van der Waals surface area contributed by atoms with Crippen LogP contribution in [0.3, 0.4) is 0 Å². The third kappa shape index (κ3) is 2.71. The van der Waals surface area contributed by atoms with E-state index in [1.165, 1.54) is 32.1 Å². The highest BCUT2D eigenvalue weighted by atomic mass is 35.5. The second-order valence-electron chi connectivity index (χ2n) is 6.54. The molecule has 2 aliphatic carbocycles. The highest BCUT2D eigenvalue weighted by Gasteiger charge is 2.30. The van der Waals surface area contributed by atoms with Crippen LogP contribution in [0.4, 0.5) is 5.69 Å². The van der Waals surface area contributed by atoms with E-state index < -0.39 is 0 Å². The smallest absolute Gasteiger partial charge is 0.291 e. The summed E-state index contributed by atoms with van der Waals surface area (Å²) in [5, 5.41) is 8.03. The van der Waals surface area contributed by atoms with Crippen molar-refractivity contribution in [3.63, 3.8) is 0 Å². The molecule has 110 valence electrons. The summed E-state index contributed by atoms with van der Waals surface area (Å²) in [6.45, 7) is 2.90. The molecule has 2 saturated carbocycles. The van der Waals surface area contributed by atoms with E-state index >= 15 is 0 Å². The van der Waals surface area contributed by atoms with Gasteiger partial charge in [0.2, 0.25) is 0 Å². The van der Waals surface area contributed by atoms with Crippen LogP contribution in [-0.2, 0) is 6.54 Å². The first kappa shape index (κ1) is 13.9. The average Bonchev–Trinajstić information content (AvgIpc) is 2.79. The van der Waals surface area contributed by atoms with E-state index in [1.54, 1.807) is 10.9 Å². The van der Waals surface area contributed by atoms with Crippen molar-refractivity contribution in [2.75, 3.05) is 5.32 Å². The Balaban J connectivity index is 1.84. The van der Waals surface area contributed by atoms with E-state index in [9.17, 15) is 4.79 Å². The third-order valence-electron chi connectivity index (χ3n) is 4.79. The second-order valence-corrected chi connectivity index (χ2v) is 6.95. The van der Waals surface area contributed by atoms with Crippen LogP contribution in [-0.4, -0.2) is 15.3 Å². The van der Waals surface area contributed by atoms with Gasteiger partial charge in [0.15, 0.2) is 0 Å². The fraction of sp³-hybridized carbons (Fsp3) is 0.733. The standard InChI is InChI=1S/C15H22ClN3O/c1-15(7-2-3-8-15)18-13-12(16)9-17-19(14(13)20)10-11-5-4-6-11/h9,11,18H,2-8,10H2,1H3. The normalized spacial score (nSPS) is 21.7. The molecule has 1 N–H and O–H groups in total. The molecule has 0 spiro atoms. The molecule has 0 aromatic carbocycles. The molecule has 1 aromatic rings. The van der Waals surface area contributed by atoms with E-state index in [-0.39, 0.29) is 11.1 Å². The van der Waals surface area contributed by atoms with E-state index in [0.717, 1.165) is 19.4 Å². The van der Waals surface area contributed by atoms with Crippen LogP contribution in [0.5, 0.6) is 0 Å². The maximum Gasteiger partial charge on any atom is 0.291 e. The largest absolute Gasteiger partial charge is 0.374 e. The van der Waals surface area contributed by atoms with Crippen LogP contribution in [0, 0.1) is 5.92 Å². The lowest BCUT2D eigenvalue weighted by atomic mass is 9.85. The lowest BCUT2D eigenvalue weighted by molar-refractivity contribution is 0.262. The number of halogens is 1. The Hall–Kier alpha value is -1.03. The minimum absolute atomic E-state index is 0.00153. The number of nitrogens with zero attached hydrogens (tertiary/aromatic N) is 2. The number of nitrogens with one attached hydrogen (secondary N) is 1. The van der Waals surface area contributed by atoms with Crippen molar-refractivity contribution in [1.82, 2.24) is 9.78 Å². The minimum Gasteiger partial charge on any atom is -0.374 e. The van der Waals surface area contributed by atoms with E-state index in [0.29, 0.717) is 16.6 Å². The van der Waals surface area contributed by atoms with Gasteiger partial charge in [0.1, 0.15) is 5.69 Å². The summed E-state index contributed by atoms with van der Waals surface area (Å²) >= 11 is 6.19. The summed E-state index contributed by atoms with van der Waals surface area (Å²) < 4.78 is 1.58. The molecule has 2 aliphatic rings. The zero-order valence-corrected chi connectivity index (χ0v) is 12.7. The quantitative estimate of drug-likeness (QED) is 0.925. The summed E-state index contributed by atoms with van der Waals surface area (Å²) in [6, 6.07) is 0. The fourth-order valence-corrected chi connectivity index (χ4v) is 3.39. The molecule has 5 heteroatoms. The minimum atomic E-state index is -0.0717. The van der Waals surface area contributed by atoms with Crippen LogP contribution >= 0.6 is 11.6 Å². The van der Waals surface area contributed by atoms with Gasteiger partial charge in [-0.15, -0.1) is 0 Å². The van der Waals surface area contributed by atoms with Crippen LogP contribution < -0.4 is 10.9 Å². The molecule has 2 fully saturated rings. The predicted octanol–water partition coefficient (Wildman–Crippen LogP) is 3.44. The highest BCUT2D eigenvalue weighted by molar-refractivity contribution is 6.33. The van der Waals surface area contributed by atoms with Crippen molar-refractivity contribution in [3.8, 4) is 0 Å². The molecule has 0 unspecified atom stereocenters. The topological polar surface area (TPSA) is 46.9 Å². The summed E-state index contributed by atoms with van der Waals surface area (Å²) in [5.74, 6) is 0.608. The molecule has 0 aliphatic heterocycles. The van der Waals surface area contributed by atoms with Crippen LogP contribution in [0.15, 0.2) is 11.0 Å². The van der Waals surface area contributed by atoms with Gasteiger partial charge in [-0.3, -0.25) is 4.79 Å². The molecular weight excluding hydrogens is 274 g/mol. The zero-order chi connectivity index (χ0) is 14.2. The maximum atomic E-state index is 12.5. The Morgan fingerprint density at radius 1 is 1.40 bits per heavy atom. The van der Waals surface area contributed by atoms with E-state index in [1.807, 2.05) is 0 Å². The lowest BCUT2D eigenvalue weighted by Gasteiger charge is -2.28. The molecule has 0 saturated heterocycles. The Bertz CT molecular complexity index is 545. The lowest BCUT2D eigenvalue weighted by Crippen LogP contribution is -2.37. The van der Waals surface area contributed by atoms with Crippen molar-refractivity contribution >= 4 is 17.3 Å². The number of rotatable bonds is 4. The molecule has 0 radical (unpaired) electrons. The molecule has 0 amide bonds. The summed E-state index contributed by atoms with van der Waals surface area (Å²) in [4.78, 5) is 12.5. The Morgan fingerprint density at radius 3 is 2.70 bits per heavy atom. The van der Waals surface area contributed by atoms with E-state index in [2.05, 4.69) is 17.3 Å². The van der Waals surface area contributed by atoms with Crippen molar-refractivity contribution < 1.29 is 0 Å². The summed E-state index contributed by atoms with van der Waals surface area (Å²) in [5.41, 5.74) is 0.459. The van der Waals surface area contributed by atoms with Gasteiger partial charge in [-0.05, 0) is 38.5 Å². The van der Waals surface area contributed by atoms with Crippen LogP contribution in [0.2, 0.25) is 5.02 Å². The van der Waals surface area contributed by atoms with Gasteiger partial charge in [0, 0.05) is 12.1 Å². The van der Waals surface area contributed by atoms with Crippen molar-refractivity contribution in [2.24, 2.45) is 5.92 Å². The molecule has 1 aromatic heterocycles. The molecule has 0 bridgehead atoms. The third-order valence-corrected chi connectivity index (χ3v) is 5.07. The van der Waals surface area contributed by atoms with Crippen molar-refractivity contribution in [2.45, 2.75) is 64.0 Å². The fourth-order valence-electron chi connectivity index (χ4n) is 3.21. The maximum absolute atomic E-state index is 12.5. The Morgan fingerprint density at radius 2 is 2.10 bits per heavy atom. The molecule has 4 nitrogen and oxygen atoms in total. The second kappa shape index (κ2) is 5.40. The van der Waals surface area contributed by atoms with Gasteiger partial charge in [0.25, 0.3) is 5.56 Å². The van der Waals surface area contributed by atoms with E-state index in [4.69, 9.17) is 11.6 Å². The Labute approximate surface area is 124 Å². The molecular formula is C15H22ClN3O. The predicted molar refractivity (Wildman–Crippen MR) is 81.3 cm³/mol. The van der Waals surface area contributed by atoms with Crippen LogP contribution in [0.25, 0.3) is 0 Å². The first-order valence-corrected chi connectivity index (χ1v) is 7.99. The van der Waals surface area contributed by atoms with Gasteiger partial charge in [-0.25, -0.2) is 4.68 Å². The molecule has 0 atom stereocenters. The number of hydrogen-bond acceptors (Lipinski definition) is 3. The van der Waals surface area contributed by atoms with Gasteiger partial charge in [0.05, 0.1) is 11.2 Å². The number of aromatic nitrogens is 2. The number of anilines is 1. The molecule has 1 heterocycles. The van der Waals surface area contributed by atoms with Gasteiger partial charge < -0.3 is 5.32 Å². The zero-order valence-electron chi connectivity index (χ0n) is 12.0. The van der Waals surface area contributed by atoms with Crippen molar-refractivity contribution in [1.29, 1.82) is 0 Å². The SMILES string of the molecule is CC1(Nc2c(Cl)cnn(CC3CCC3)c2=O)CCCC1. The Kier molecular flexibility index (Phi) is 3.76. The summed E-state index contributed by atoms with van der Waals surface area (Å²) in [6.07, 6.45) is 9.89. The van der Waals surface area contributed by atoms with Gasteiger partial charge >= 0.3 is 0 Å². The first-order chi connectivity index (χ1) is 9.57. The van der Waals surface area contributed by atoms with Crippen molar-refractivity contribution in [3.05, 3.63) is 21.6 Å². The number of hydrogen-bond donors (Lipinski definition) is 1. The molecule has 20 heavy (non-hydrogen) atoms. The van der Waals surface area contributed by atoms with Crippen LogP contribution in [0.1, 0.15) is 51.9 Å². The van der Waals surface area contributed by atoms with Gasteiger partial charge in [-0.1, -0.05) is 30.9 Å². The highest BCUT2D eigenvalue weighted by Crippen LogP contribution is 2.33. The average molecular weight is 296 g/mol.